The summed E-state index contributed by atoms with van der Waals surface area (Å²) in [5, 5.41) is 7.32. The van der Waals surface area contributed by atoms with Crippen LogP contribution in [0.4, 0.5) is 17.5 Å². The van der Waals surface area contributed by atoms with Gasteiger partial charge in [-0.1, -0.05) is 48.0 Å². The Labute approximate surface area is 165 Å². The minimum atomic E-state index is 0.536. The lowest BCUT2D eigenvalue weighted by molar-refractivity contribution is 0.405. The predicted octanol–water partition coefficient (Wildman–Crippen LogP) is 4.90. The van der Waals surface area contributed by atoms with Gasteiger partial charge in [-0.2, -0.15) is 4.98 Å². The van der Waals surface area contributed by atoms with Crippen LogP contribution >= 0.6 is 11.6 Å². The molecule has 0 saturated heterocycles. The Morgan fingerprint density at radius 3 is 2.52 bits per heavy atom. The van der Waals surface area contributed by atoms with Crippen LogP contribution in [0.2, 0.25) is 5.02 Å². The number of nitrogens with one attached hydrogen (secondary N) is 2. The first-order chi connectivity index (χ1) is 13.1. The molecular formula is C21H24ClN5. The number of hydrogen-bond donors (Lipinski definition) is 2. The van der Waals surface area contributed by atoms with Crippen LogP contribution in [0.5, 0.6) is 0 Å². The smallest absolute Gasteiger partial charge is 0.229 e. The van der Waals surface area contributed by atoms with E-state index in [4.69, 9.17) is 11.6 Å². The fourth-order valence-corrected chi connectivity index (χ4v) is 2.85. The number of anilines is 3. The number of rotatable bonds is 8. The topological polar surface area (TPSA) is 53.1 Å². The van der Waals surface area contributed by atoms with Crippen molar-refractivity contribution in [2.24, 2.45) is 0 Å². The second-order valence-electron chi connectivity index (χ2n) is 6.55. The minimum absolute atomic E-state index is 0.536. The Morgan fingerprint density at radius 1 is 0.963 bits per heavy atom. The lowest BCUT2D eigenvalue weighted by atomic mass is 10.1. The molecule has 0 aliphatic heterocycles. The average molecular weight is 382 g/mol. The number of benzene rings is 2. The maximum Gasteiger partial charge on any atom is 0.229 e. The van der Waals surface area contributed by atoms with E-state index in [1.54, 1.807) is 0 Å². The van der Waals surface area contributed by atoms with Gasteiger partial charge in [0.2, 0.25) is 5.95 Å². The van der Waals surface area contributed by atoms with Crippen molar-refractivity contribution in [3.05, 3.63) is 65.7 Å². The highest BCUT2D eigenvalue weighted by Crippen LogP contribution is 2.24. The minimum Gasteiger partial charge on any atom is -0.370 e. The number of halogens is 1. The zero-order chi connectivity index (χ0) is 19.1. The largest absolute Gasteiger partial charge is 0.370 e. The first-order valence-electron chi connectivity index (χ1n) is 8.96. The highest BCUT2D eigenvalue weighted by Gasteiger charge is 2.07. The van der Waals surface area contributed by atoms with Gasteiger partial charge < -0.3 is 15.5 Å². The van der Waals surface area contributed by atoms with Gasteiger partial charge in [0, 0.05) is 28.9 Å². The predicted molar refractivity (Wildman–Crippen MR) is 114 cm³/mol. The third-order valence-electron chi connectivity index (χ3n) is 3.96. The summed E-state index contributed by atoms with van der Waals surface area (Å²) in [5.41, 5.74) is 2.77. The van der Waals surface area contributed by atoms with Crippen LogP contribution in [0, 0.1) is 0 Å². The molecule has 1 heterocycles. The lowest BCUT2D eigenvalue weighted by Crippen LogP contribution is -2.16. The summed E-state index contributed by atoms with van der Waals surface area (Å²) in [7, 11) is 4.15. The summed E-state index contributed by atoms with van der Waals surface area (Å²) in [6.07, 6.45) is 1.04. The van der Waals surface area contributed by atoms with E-state index >= 15 is 0 Å². The fourth-order valence-electron chi connectivity index (χ4n) is 2.66. The summed E-state index contributed by atoms with van der Waals surface area (Å²) in [5.74, 6) is 1.33. The van der Waals surface area contributed by atoms with Gasteiger partial charge in [0.1, 0.15) is 5.82 Å². The Morgan fingerprint density at radius 2 is 1.78 bits per heavy atom. The molecule has 0 amide bonds. The molecule has 0 radical (unpaired) electrons. The van der Waals surface area contributed by atoms with Crippen molar-refractivity contribution >= 4 is 29.1 Å². The van der Waals surface area contributed by atoms with Crippen LogP contribution in [0.15, 0.2) is 60.7 Å². The number of nitrogens with zero attached hydrogens (tertiary/aromatic N) is 3. The van der Waals surface area contributed by atoms with Crippen molar-refractivity contribution in [3.8, 4) is 11.3 Å². The van der Waals surface area contributed by atoms with Gasteiger partial charge in [0.05, 0.1) is 5.69 Å². The maximum atomic E-state index is 6.08. The molecule has 1 aromatic heterocycles. The van der Waals surface area contributed by atoms with Crippen LogP contribution < -0.4 is 10.6 Å². The molecule has 3 aromatic rings. The summed E-state index contributed by atoms with van der Waals surface area (Å²) < 4.78 is 0. The van der Waals surface area contributed by atoms with Gasteiger partial charge >= 0.3 is 0 Å². The lowest BCUT2D eigenvalue weighted by Gasteiger charge is -2.13. The van der Waals surface area contributed by atoms with E-state index in [1.165, 1.54) is 0 Å². The van der Waals surface area contributed by atoms with E-state index in [-0.39, 0.29) is 0 Å². The number of hydrogen-bond acceptors (Lipinski definition) is 5. The number of aromatic nitrogens is 2. The molecule has 140 valence electrons. The standard InChI is InChI=1S/C21H24ClN5/c1-27(2)13-7-12-23-20-15-19(16-8-4-3-5-9-16)25-21(26-20)24-18-11-6-10-17(22)14-18/h3-6,8-11,14-15H,7,12-13H2,1-2H3,(H2,23,24,25,26). The first-order valence-corrected chi connectivity index (χ1v) is 9.33. The zero-order valence-electron chi connectivity index (χ0n) is 15.6. The molecule has 5 nitrogen and oxygen atoms in total. The zero-order valence-corrected chi connectivity index (χ0v) is 16.4. The SMILES string of the molecule is CN(C)CCCNc1cc(-c2ccccc2)nc(Nc2cccc(Cl)c2)n1. The molecule has 27 heavy (non-hydrogen) atoms. The van der Waals surface area contributed by atoms with E-state index in [0.717, 1.165) is 42.3 Å². The third-order valence-corrected chi connectivity index (χ3v) is 4.20. The van der Waals surface area contributed by atoms with Gasteiger partial charge in [-0.05, 0) is 45.3 Å². The molecule has 0 aliphatic carbocycles. The normalized spacial score (nSPS) is 10.8. The molecular weight excluding hydrogens is 358 g/mol. The van der Waals surface area contributed by atoms with Crippen LogP contribution in [-0.2, 0) is 0 Å². The highest BCUT2D eigenvalue weighted by molar-refractivity contribution is 6.30. The molecule has 6 heteroatoms. The molecule has 0 atom stereocenters. The van der Waals surface area contributed by atoms with E-state index in [2.05, 4.69) is 39.6 Å². The summed E-state index contributed by atoms with van der Waals surface area (Å²) >= 11 is 6.08. The molecule has 0 aliphatic rings. The van der Waals surface area contributed by atoms with Gasteiger partial charge in [0.25, 0.3) is 0 Å². The Kier molecular flexibility index (Phi) is 6.63. The van der Waals surface area contributed by atoms with Crippen molar-refractivity contribution < 1.29 is 0 Å². The average Bonchev–Trinajstić information content (AvgIpc) is 2.66. The molecule has 0 fully saturated rings. The van der Waals surface area contributed by atoms with E-state index in [9.17, 15) is 0 Å². The van der Waals surface area contributed by atoms with E-state index < -0.39 is 0 Å². The van der Waals surface area contributed by atoms with Crippen molar-refractivity contribution in [1.82, 2.24) is 14.9 Å². The van der Waals surface area contributed by atoms with Gasteiger partial charge in [0.15, 0.2) is 0 Å². The van der Waals surface area contributed by atoms with Crippen molar-refractivity contribution in [1.29, 1.82) is 0 Å². The molecule has 0 spiro atoms. The summed E-state index contributed by atoms with van der Waals surface area (Å²) in [4.78, 5) is 11.5. The van der Waals surface area contributed by atoms with Crippen molar-refractivity contribution in [2.45, 2.75) is 6.42 Å². The van der Waals surface area contributed by atoms with Gasteiger partial charge in [-0.3, -0.25) is 0 Å². The fraction of sp³-hybridized carbons (Fsp3) is 0.238. The Bertz CT molecular complexity index is 867. The Hall–Kier alpha value is -2.63. The van der Waals surface area contributed by atoms with Gasteiger partial charge in [-0.15, -0.1) is 0 Å². The van der Waals surface area contributed by atoms with E-state index in [0.29, 0.717) is 11.0 Å². The monoisotopic (exact) mass is 381 g/mol. The molecule has 0 saturated carbocycles. The molecule has 3 rings (SSSR count). The van der Waals surface area contributed by atoms with Crippen LogP contribution in [0.1, 0.15) is 6.42 Å². The summed E-state index contributed by atoms with van der Waals surface area (Å²) in [6, 6.07) is 19.6. The second kappa shape index (κ2) is 9.35. The van der Waals surface area contributed by atoms with E-state index in [1.807, 2.05) is 60.7 Å². The third kappa shape index (κ3) is 5.94. The maximum absolute atomic E-state index is 6.08. The van der Waals surface area contributed by atoms with Crippen LogP contribution in [0.25, 0.3) is 11.3 Å². The molecule has 0 bridgehead atoms. The van der Waals surface area contributed by atoms with Crippen LogP contribution in [0.3, 0.4) is 0 Å². The molecule has 2 aromatic carbocycles. The van der Waals surface area contributed by atoms with Gasteiger partial charge in [-0.25, -0.2) is 4.98 Å². The quantitative estimate of drug-likeness (QED) is 0.543. The second-order valence-corrected chi connectivity index (χ2v) is 6.98. The molecule has 0 unspecified atom stereocenters. The molecule has 2 N–H and O–H groups in total. The highest BCUT2D eigenvalue weighted by atomic mass is 35.5. The van der Waals surface area contributed by atoms with Crippen molar-refractivity contribution in [2.75, 3.05) is 37.8 Å². The summed E-state index contributed by atoms with van der Waals surface area (Å²) in [6.45, 7) is 1.87. The first kappa shape index (κ1) is 19.1. The van der Waals surface area contributed by atoms with Crippen molar-refractivity contribution in [3.63, 3.8) is 0 Å². The Balaban J connectivity index is 1.83. The van der Waals surface area contributed by atoms with Crippen LogP contribution in [-0.4, -0.2) is 42.1 Å².